The van der Waals surface area contributed by atoms with E-state index in [1.165, 1.54) is 0 Å². The van der Waals surface area contributed by atoms with Crippen LogP contribution in [0.1, 0.15) is 42.4 Å². The first-order valence-electron chi connectivity index (χ1n) is 13.0. The van der Waals surface area contributed by atoms with Crippen LogP contribution in [0.25, 0.3) is 0 Å². The zero-order valence-electron chi connectivity index (χ0n) is 20.7. The average molecular weight is 489 g/mol. The molecular formula is C31H36O5. The number of aliphatic hydroxyl groups excluding tert-OH is 1. The summed E-state index contributed by atoms with van der Waals surface area (Å²) in [5, 5.41) is 11.4. The van der Waals surface area contributed by atoms with Crippen molar-refractivity contribution in [2.24, 2.45) is 0 Å². The Labute approximate surface area is 214 Å². The fourth-order valence-electron chi connectivity index (χ4n) is 5.46. The molecule has 1 N–H and O–H groups in total. The van der Waals surface area contributed by atoms with Crippen LogP contribution in [0.15, 0.2) is 91.0 Å². The van der Waals surface area contributed by atoms with Crippen molar-refractivity contribution in [1.29, 1.82) is 0 Å². The zero-order valence-corrected chi connectivity index (χ0v) is 20.7. The van der Waals surface area contributed by atoms with Gasteiger partial charge in [-0.15, -0.1) is 0 Å². The maximum Gasteiger partial charge on any atom is 0.116 e. The van der Waals surface area contributed by atoms with Crippen molar-refractivity contribution in [1.82, 2.24) is 0 Å². The van der Waals surface area contributed by atoms with Gasteiger partial charge in [0.2, 0.25) is 0 Å². The van der Waals surface area contributed by atoms with E-state index in [1.54, 1.807) is 0 Å². The first kappa shape index (κ1) is 25.1. The van der Waals surface area contributed by atoms with Crippen LogP contribution in [0, 0.1) is 0 Å². The third-order valence-corrected chi connectivity index (χ3v) is 7.30. The van der Waals surface area contributed by atoms with Gasteiger partial charge in [0.05, 0.1) is 31.5 Å². The van der Waals surface area contributed by atoms with Gasteiger partial charge in [0, 0.05) is 13.0 Å². The Morgan fingerprint density at radius 3 is 1.67 bits per heavy atom. The zero-order chi connectivity index (χ0) is 24.6. The summed E-state index contributed by atoms with van der Waals surface area (Å²) in [5.74, 6) is 0. The normalized spacial score (nSPS) is 28.2. The molecule has 0 radical (unpaired) electrons. The van der Waals surface area contributed by atoms with Crippen LogP contribution in [0.5, 0.6) is 0 Å². The van der Waals surface area contributed by atoms with Crippen molar-refractivity contribution in [2.75, 3.05) is 6.61 Å². The van der Waals surface area contributed by atoms with Gasteiger partial charge in [-0.2, -0.15) is 0 Å². The molecule has 2 aliphatic rings. The van der Waals surface area contributed by atoms with Gasteiger partial charge in [0.15, 0.2) is 0 Å². The van der Waals surface area contributed by atoms with Gasteiger partial charge in [-0.3, -0.25) is 0 Å². The minimum absolute atomic E-state index is 0.370. The van der Waals surface area contributed by atoms with E-state index < -0.39 is 23.9 Å². The number of hydrogen-bond acceptors (Lipinski definition) is 5. The number of benzene rings is 3. The Morgan fingerprint density at radius 2 is 1.17 bits per heavy atom. The molecule has 36 heavy (non-hydrogen) atoms. The molecule has 0 amide bonds. The van der Waals surface area contributed by atoms with Crippen LogP contribution in [0.3, 0.4) is 0 Å². The van der Waals surface area contributed by atoms with E-state index in [1.807, 2.05) is 78.9 Å². The second kappa shape index (κ2) is 12.1. The Morgan fingerprint density at radius 1 is 0.667 bits per heavy atom. The highest BCUT2D eigenvalue weighted by Crippen LogP contribution is 2.43. The summed E-state index contributed by atoms with van der Waals surface area (Å²) >= 11 is 0. The molecule has 5 atom stereocenters. The summed E-state index contributed by atoms with van der Waals surface area (Å²) in [4.78, 5) is 0. The number of rotatable bonds is 9. The predicted octanol–water partition coefficient (Wildman–Crippen LogP) is 5.45. The fraction of sp³-hybridized carbons (Fsp3) is 0.419. The standard InChI is InChI=1S/C31H36O5/c32-27-20-31(18-10-11-19-36-31)30(35-23-26-16-8-3-9-17-26)29(34-22-25-14-6-2-7-15-25)28(27)33-21-24-12-4-1-5-13-24/h1-9,12-17,27-30,32H,10-11,18-23H2/t27-,28+,29-,30+,31-/m0/s1. The number of hydrogen-bond donors (Lipinski definition) is 1. The van der Waals surface area contributed by atoms with Gasteiger partial charge in [0.25, 0.3) is 0 Å². The molecule has 190 valence electrons. The van der Waals surface area contributed by atoms with E-state index in [0.29, 0.717) is 32.8 Å². The minimum atomic E-state index is -0.718. The molecule has 3 aromatic rings. The molecule has 1 aliphatic carbocycles. The van der Waals surface area contributed by atoms with Gasteiger partial charge in [-0.25, -0.2) is 0 Å². The summed E-state index contributed by atoms with van der Waals surface area (Å²) in [6.07, 6.45) is 1.25. The van der Waals surface area contributed by atoms with Crippen LogP contribution in [-0.2, 0) is 38.8 Å². The van der Waals surface area contributed by atoms with Crippen molar-refractivity contribution in [3.05, 3.63) is 108 Å². The Bertz CT molecular complexity index is 1040. The van der Waals surface area contributed by atoms with E-state index in [4.69, 9.17) is 18.9 Å². The molecule has 1 heterocycles. The third kappa shape index (κ3) is 6.05. The first-order valence-corrected chi connectivity index (χ1v) is 13.0. The third-order valence-electron chi connectivity index (χ3n) is 7.30. The topological polar surface area (TPSA) is 57.2 Å². The highest BCUT2D eigenvalue weighted by molar-refractivity contribution is 5.17. The van der Waals surface area contributed by atoms with E-state index >= 15 is 0 Å². The van der Waals surface area contributed by atoms with Crippen molar-refractivity contribution in [3.63, 3.8) is 0 Å². The van der Waals surface area contributed by atoms with Crippen molar-refractivity contribution in [2.45, 2.75) is 75.5 Å². The largest absolute Gasteiger partial charge is 0.390 e. The van der Waals surface area contributed by atoms with Gasteiger partial charge in [0.1, 0.15) is 18.3 Å². The lowest BCUT2D eigenvalue weighted by atomic mass is 9.73. The Balaban J connectivity index is 1.42. The van der Waals surface area contributed by atoms with Gasteiger partial charge in [-0.1, -0.05) is 91.0 Å². The Kier molecular flexibility index (Phi) is 8.47. The summed E-state index contributed by atoms with van der Waals surface area (Å²) in [6, 6.07) is 30.3. The van der Waals surface area contributed by atoms with Gasteiger partial charge < -0.3 is 24.1 Å². The van der Waals surface area contributed by atoms with Crippen LogP contribution in [-0.4, -0.2) is 41.7 Å². The second-order valence-corrected chi connectivity index (χ2v) is 9.88. The van der Waals surface area contributed by atoms with Crippen LogP contribution < -0.4 is 0 Å². The minimum Gasteiger partial charge on any atom is -0.390 e. The summed E-state index contributed by atoms with van der Waals surface area (Å²) in [5.41, 5.74) is 2.63. The second-order valence-electron chi connectivity index (χ2n) is 9.88. The first-order chi connectivity index (χ1) is 17.7. The van der Waals surface area contributed by atoms with Crippen LogP contribution in [0.2, 0.25) is 0 Å². The highest BCUT2D eigenvalue weighted by atomic mass is 16.6. The lowest BCUT2D eigenvalue weighted by molar-refractivity contribution is -0.282. The van der Waals surface area contributed by atoms with E-state index in [-0.39, 0.29) is 6.10 Å². The molecule has 1 saturated carbocycles. The SMILES string of the molecule is O[C@H]1C[C@@]2(CCCCO2)[C@H](OCc2ccccc2)[C@@H](OCc2ccccc2)[C@@H]1OCc1ccccc1. The quantitative estimate of drug-likeness (QED) is 0.434. The monoisotopic (exact) mass is 488 g/mol. The molecular weight excluding hydrogens is 452 g/mol. The molecule has 5 rings (SSSR count). The number of ether oxygens (including phenoxy) is 4. The lowest BCUT2D eigenvalue weighted by Gasteiger charge is -2.53. The molecule has 0 bridgehead atoms. The predicted molar refractivity (Wildman–Crippen MR) is 138 cm³/mol. The van der Waals surface area contributed by atoms with E-state index in [0.717, 1.165) is 36.0 Å². The maximum atomic E-state index is 11.4. The van der Waals surface area contributed by atoms with Crippen LogP contribution >= 0.6 is 0 Å². The summed E-state index contributed by atoms with van der Waals surface area (Å²) < 4.78 is 26.1. The molecule has 2 fully saturated rings. The number of aliphatic hydroxyl groups is 1. The van der Waals surface area contributed by atoms with Crippen molar-refractivity contribution < 1.29 is 24.1 Å². The van der Waals surface area contributed by atoms with E-state index in [2.05, 4.69) is 12.1 Å². The van der Waals surface area contributed by atoms with Crippen molar-refractivity contribution >= 4 is 0 Å². The van der Waals surface area contributed by atoms with Gasteiger partial charge >= 0.3 is 0 Å². The molecule has 0 unspecified atom stereocenters. The fourth-order valence-corrected chi connectivity index (χ4v) is 5.46. The molecule has 1 spiro atoms. The Hall–Kier alpha value is -2.54. The molecule has 1 saturated heterocycles. The van der Waals surface area contributed by atoms with E-state index in [9.17, 15) is 5.11 Å². The molecule has 1 aliphatic heterocycles. The lowest BCUT2D eigenvalue weighted by Crippen LogP contribution is -2.66. The maximum absolute atomic E-state index is 11.4. The van der Waals surface area contributed by atoms with Crippen molar-refractivity contribution in [3.8, 4) is 0 Å². The molecule has 5 nitrogen and oxygen atoms in total. The van der Waals surface area contributed by atoms with Gasteiger partial charge in [-0.05, 0) is 36.0 Å². The average Bonchev–Trinajstić information content (AvgIpc) is 2.93. The molecule has 3 aromatic carbocycles. The molecule has 0 aromatic heterocycles. The highest BCUT2D eigenvalue weighted by Gasteiger charge is 2.56. The summed E-state index contributed by atoms with van der Waals surface area (Å²) in [7, 11) is 0. The smallest absolute Gasteiger partial charge is 0.116 e. The summed E-state index contributed by atoms with van der Waals surface area (Å²) in [6.45, 7) is 1.92. The molecule has 5 heteroatoms. The van der Waals surface area contributed by atoms with Crippen LogP contribution in [0.4, 0.5) is 0 Å².